The normalized spacial score (nSPS) is 9.86. The first kappa shape index (κ1) is 18.0. The Morgan fingerprint density at radius 2 is 1.81 bits per heavy atom. The van der Waals surface area contributed by atoms with Crippen molar-refractivity contribution < 1.29 is 26.3 Å². The van der Waals surface area contributed by atoms with Crippen molar-refractivity contribution >= 4 is 34.8 Å². The Hall–Kier alpha value is -1.10. The zero-order chi connectivity index (χ0) is 14.5. The SMILES string of the molecule is Cc1cc[n+](CCC(=O)Nc2ccc(Cl)c(Cl)c2)cc1.[Br-]. The molecular formula is C15H15BrCl2N2O. The predicted molar refractivity (Wildman–Crippen MR) is 81.1 cm³/mol. The van der Waals surface area contributed by atoms with Crippen molar-refractivity contribution in [2.75, 3.05) is 5.32 Å². The van der Waals surface area contributed by atoms with Crippen LogP contribution in [0.2, 0.25) is 10.0 Å². The molecule has 1 aromatic carbocycles. The van der Waals surface area contributed by atoms with Gasteiger partial charge in [0.05, 0.1) is 16.5 Å². The van der Waals surface area contributed by atoms with E-state index in [-0.39, 0.29) is 22.9 Å². The maximum Gasteiger partial charge on any atom is 0.230 e. The first-order valence-corrected chi connectivity index (χ1v) is 7.01. The number of hydrogen-bond acceptors (Lipinski definition) is 1. The van der Waals surface area contributed by atoms with E-state index in [9.17, 15) is 4.79 Å². The number of carbonyl (C=O) groups excluding carboxylic acids is 1. The molecule has 112 valence electrons. The minimum atomic E-state index is -0.0588. The Balaban J connectivity index is 0.00000220. The Morgan fingerprint density at radius 3 is 2.43 bits per heavy atom. The number of carbonyl (C=O) groups is 1. The third kappa shape index (κ3) is 5.65. The van der Waals surface area contributed by atoms with Crippen LogP contribution in [0.3, 0.4) is 0 Å². The summed E-state index contributed by atoms with van der Waals surface area (Å²) in [5, 5.41) is 3.70. The van der Waals surface area contributed by atoms with E-state index in [1.165, 1.54) is 5.56 Å². The van der Waals surface area contributed by atoms with Crippen LogP contribution in [0.15, 0.2) is 42.7 Å². The molecule has 1 heterocycles. The lowest BCUT2D eigenvalue weighted by Gasteiger charge is -2.05. The van der Waals surface area contributed by atoms with Crippen molar-refractivity contribution in [3.63, 3.8) is 0 Å². The van der Waals surface area contributed by atoms with E-state index in [0.717, 1.165) is 0 Å². The van der Waals surface area contributed by atoms with E-state index >= 15 is 0 Å². The van der Waals surface area contributed by atoms with Gasteiger partial charge in [-0.15, -0.1) is 0 Å². The number of aromatic nitrogens is 1. The average Bonchev–Trinajstić information content (AvgIpc) is 2.42. The maximum atomic E-state index is 11.8. The van der Waals surface area contributed by atoms with Gasteiger partial charge in [0, 0.05) is 17.8 Å². The summed E-state index contributed by atoms with van der Waals surface area (Å²) in [6.07, 6.45) is 4.32. The van der Waals surface area contributed by atoms with Crippen molar-refractivity contribution in [3.8, 4) is 0 Å². The molecule has 1 N–H and O–H groups in total. The van der Waals surface area contributed by atoms with Crippen LogP contribution in [-0.2, 0) is 11.3 Å². The number of nitrogens with zero attached hydrogens (tertiary/aromatic N) is 1. The number of benzene rings is 1. The molecule has 0 saturated heterocycles. The fourth-order valence-corrected chi connectivity index (χ4v) is 2.01. The molecule has 0 atom stereocenters. The largest absolute Gasteiger partial charge is 1.00 e. The highest BCUT2D eigenvalue weighted by molar-refractivity contribution is 6.42. The average molecular weight is 390 g/mol. The number of pyridine rings is 1. The summed E-state index contributed by atoms with van der Waals surface area (Å²) in [4.78, 5) is 11.8. The molecule has 2 rings (SSSR count). The molecule has 0 radical (unpaired) electrons. The molecule has 0 spiro atoms. The third-order valence-electron chi connectivity index (χ3n) is 2.86. The number of aryl methyl sites for hydroxylation is 2. The zero-order valence-electron chi connectivity index (χ0n) is 11.4. The van der Waals surface area contributed by atoms with Crippen molar-refractivity contribution in [2.24, 2.45) is 0 Å². The molecule has 0 aliphatic heterocycles. The summed E-state index contributed by atoms with van der Waals surface area (Å²) in [6.45, 7) is 2.66. The van der Waals surface area contributed by atoms with Crippen molar-refractivity contribution in [2.45, 2.75) is 19.9 Å². The van der Waals surface area contributed by atoms with Crippen LogP contribution in [0.1, 0.15) is 12.0 Å². The molecule has 1 aromatic heterocycles. The smallest absolute Gasteiger partial charge is 0.230 e. The molecule has 0 saturated carbocycles. The predicted octanol–water partition coefficient (Wildman–Crippen LogP) is 0.622. The van der Waals surface area contributed by atoms with Crippen molar-refractivity contribution in [1.82, 2.24) is 0 Å². The van der Waals surface area contributed by atoms with Crippen LogP contribution >= 0.6 is 23.2 Å². The molecule has 1 amide bonds. The van der Waals surface area contributed by atoms with E-state index in [0.29, 0.717) is 28.7 Å². The van der Waals surface area contributed by atoms with Crippen LogP contribution in [0.5, 0.6) is 0 Å². The summed E-state index contributed by atoms with van der Waals surface area (Å²) in [5.74, 6) is -0.0588. The molecule has 0 aliphatic carbocycles. The van der Waals surface area contributed by atoms with Gasteiger partial charge in [-0.1, -0.05) is 23.2 Å². The Labute approximate surface area is 144 Å². The lowest BCUT2D eigenvalue weighted by Crippen LogP contribution is -3.00. The summed E-state index contributed by atoms with van der Waals surface area (Å²) >= 11 is 11.7. The van der Waals surface area contributed by atoms with Gasteiger partial charge in [0.2, 0.25) is 5.91 Å². The second-order valence-corrected chi connectivity index (χ2v) is 5.35. The fourth-order valence-electron chi connectivity index (χ4n) is 1.71. The molecule has 2 aromatic rings. The van der Waals surface area contributed by atoms with Crippen LogP contribution < -0.4 is 26.9 Å². The second kappa shape index (κ2) is 8.37. The molecule has 0 aliphatic rings. The molecule has 0 bridgehead atoms. The highest BCUT2D eigenvalue weighted by Crippen LogP contribution is 2.24. The van der Waals surface area contributed by atoms with Crippen molar-refractivity contribution in [3.05, 3.63) is 58.3 Å². The maximum absolute atomic E-state index is 11.8. The van der Waals surface area contributed by atoms with Crippen LogP contribution in [-0.4, -0.2) is 5.91 Å². The van der Waals surface area contributed by atoms with Gasteiger partial charge in [-0.25, -0.2) is 4.57 Å². The lowest BCUT2D eigenvalue weighted by atomic mass is 10.3. The van der Waals surface area contributed by atoms with Gasteiger partial charge in [0.1, 0.15) is 0 Å². The van der Waals surface area contributed by atoms with Gasteiger partial charge in [-0.3, -0.25) is 4.79 Å². The van der Waals surface area contributed by atoms with Crippen molar-refractivity contribution in [1.29, 1.82) is 0 Å². The molecule has 3 nitrogen and oxygen atoms in total. The van der Waals surface area contributed by atoms with E-state index in [1.807, 2.05) is 36.0 Å². The van der Waals surface area contributed by atoms with Gasteiger partial charge in [0.15, 0.2) is 18.9 Å². The Bertz CT molecular complexity index is 618. The fraction of sp³-hybridized carbons (Fsp3) is 0.200. The monoisotopic (exact) mass is 388 g/mol. The molecule has 21 heavy (non-hydrogen) atoms. The standard InChI is InChI=1S/C15H14Cl2N2O.BrH/c1-11-4-7-19(8-5-11)9-6-15(20)18-12-2-3-13(16)14(17)10-12;/h2-5,7-8,10H,6,9H2,1H3;1H. The summed E-state index contributed by atoms with van der Waals surface area (Å²) in [5.41, 5.74) is 1.85. The second-order valence-electron chi connectivity index (χ2n) is 4.54. The van der Waals surface area contributed by atoms with Gasteiger partial charge in [-0.2, -0.15) is 0 Å². The molecule has 0 fully saturated rings. The number of amides is 1. The lowest BCUT2D eigenvalue weighted by molar-refractivity contribution is -0.695. The minimum Gasteiger partial charge on any atom is -1.00 e. The van der Waals surface area contributed by atoms with Gasteiger partial charge >= 0.3 is 0 Å². The third-order valence-corrected chi connectivity index (χ3v) is 3.60. The Morgan fingerprint density at radius 1 is 1.14 bits per heavy atom. The summed E-state index contributed by atoms with van der Waals surface area (Å²) in [6, 6.07) is 9.05. The van der Waals surface area contributed by atoms with E-state index in [1.54, 1.807) is 18.2 Å². The molecule has 0 unspecified atom stereocenters. The first-order valence-electron chi connectivity index (χ1n) is 6.25. The summed E-state index contributed by atoms with van der Waals surface area (Å²) in [7, 11) is 0. The number of halogens is 3. The molecular weight excluding hydrogens is 375 g/mol. The van der Waals surface area contributed by atoms with E-state index in [2.05, 4.69) is 5.32 Å². The van der Waals surface area contributed by atoms with Crippen LogP contribution in [0.25, 0.3) is 0 Å². The highest BCUT2D eigenvalue weighted by atomic mass is 79.9. The number of anilines is 1. The number of nitrogens with one attached hydrogen (secondary N) is 1. The highest BCUT2D eigenvalue weighted by Gasteiger charge is 2.08. The Kier molecular flexibility index (Phi) is 7.15. The van der Waals surface area contributed by atoms with Gasteiger partial charge in [0.25, 0.3) is 0 Å². The number of rotatable bonds is 4. The van der Waals surface area contributed by atoms with E-state index in [4.69, 9.17) is 23.2 Å². The van der Waals surface area contributed by atoms with Gasteiger partial charge < -0.3 is 22.3 Å². The van der Waals surface area contributed by atoms with Gasteiger partial charge in [-0.05, 0) is 30.7 Å². The minimum absolute atomic E-state index is 0. The first-order chi connectivity index (χ1) is 9.54. The zero-order valence-corrected chi connectivity index (χ0v) is 14.5. The summed E-state index contributed by atoms with van der Waals surface area (Å²) < 4.78 is 1.97. The number of hydrogen-bond donors (Lipinski definition) is 1. The quantitative estimate of drug-likeness (QED) is 0.764. The van der Waals surface area contributed by atoms with E-state index < -0.39 is 0 Å². The van der Waals surface area contributed by atoms with Crippen LogP contribution in [0.4, 0.5) is 5.69 Å². The topological polar surface area (TPSA) is 33.0 Å². The molecule has 6 heteroatoms. The van der Waals surface area contributed by atoms with Crippen LogP contribution in [0, 0.1) is 6.92 Å².